The summed E-state index contributed by atoms with van der Waals surface area (Å²) in [6.07, 6.45) is 1.74. The van der Waals surface area contributed by atoms with Gasteiger partial charge in [-0.2, -0.15) is 0 Å². The third-order valence-electron chi connectivity index (χ3n) is 3.83. The van der Waals surface area contributed by atoms with Crippen LogP contribution in [-0.4, -0.2) is 22.9 Å². The summed E-state index contributed by atoms with van der Waals surface area (Å²) in [7, 11) is 0. The summed E-state index contributed by atoms with van der Waals surface area (Å²) >= 11 is 0. The fourth-order valence-electron chi connectivity index (χ4n) is 2.51. The molecule has 0 saturated heterocycles. The van der Waals surface area contributed by atoms with E-state index >= 15 is 0 Å². The Morgan fingerprint density at radius 1 is 1.11 bits per heavy atom. The average molecular weight is 265 g/mol. The van der Waals surface area contributed by atoms with Gasteiger partial charge in [0.25, 0.3) is 0 Å². The molecule has 0 amide bonds. The number of aromatic hydroxyl groups is 1. The van der Waals surface area contributed by atoms with E-state index in [9.17, 15) is 10.2 Å². The van der Waals surface area contributed by atoms with Crippen LogP contribution in [0.1, 0.15) is 43.4 Å². The number of phenols is 1. The number of hydrogen-bond donors (Lipinski definition) is 3. The summed E-state index contributed by atoms with van der Waals surface area (Å²) in [5, 5.41) is 23.1. The Hall–Kier alpha value is -1.06. The van der Waals surface area contributed by atoms with Gasteiger partial charge in [0.2, 0.25) is 0 Å². The summed E-state index contributed by atoms with van der Waals surface area (Å²) in [5.41, 5.74) is 2.94. The van der Waals surface area contributed by atoms with Crippen molar-refractivity contribution in [3.63, 3.8) is 0 Å². The van der Waals surface area contributed by atoms with E-state index in [-0.39, 0.29) is 6.10 Å². The van der Waals surface area contributed by atoms with Crippen molar-refractivity contribution in [3.05, 3.63) is 28.8 Å². The molecule has 0 aliphatic rings. The summed E-state index contributed by atoms with van der Waals surface area (Å²) in [5.74, 6) is 0.747. The van der Waals surface area contributed by atoms with Gasteiger partial charge in [-0.1, -0.05) is 38.8 Å². The number of aryl methyl sites for hydroxylation is 2. The van der Waals surface area contributed by atoms with Gasteiger partial charge in [0.15, 0.2) is 0 Å². The molecule has 0 aliphatic heterocycles. The smallest absolute Gasteiger partial charge is 0.121 e. The van der Waals surface area contributed by atoms with Crippen LogP contribution in [0.3, 0.4) is 0 Å². The van der Waals surface area contributed by atoms with Crippen molar-refractivity contribution >= 4 is 0 Å². The molecule has 1 unspecified atom stereocenters. The molecular weight excluding hydrogens is 238 g/mol. The maximum atomic E-state index is 10.0. The molecule has 1 aromatic carbocycles. The van der Waals surface area contributed by atoms with Gasteiger partial charge < -0.3 is 15.5 Å². The van der Waals surface area contributed by atoms with E-state index in [1.54, 1.807) is 0 Å². The van der Waals surface area contributed by atoms with Crippen molar-refractivity contribution in [2.45, 2.75) is 53.2 Å². The predicted octanol–water partition coefficient (Wildman–Crippen LogP) is 2.90. The molecular formula is C16H27NO2. The molecule has 0 aliphatic carbocycles. The zero-order valence-corrected chi connectivity index (χ0v) is 12.5. The highest BCUT2D eigenvalue weighted by Gasteiger charge is 2.14. The van der Waals surface area contributed by atoms with E-state index in [1.165, 1.54) is 0 Å². The van der Waals surface area contributed by atoms with Crippen LogP contribution in [0.2, 0.25) is 0 Å². The predicted molar refractivity (Wildman–Crippen MR) is 79.4 cm³/mol. The molecule has 0 aromatic heterocycles. The highest BCUT2D eigenvalue weighted by atomic mass is 16.3. The van der Waals surface area contributed by atoms with Gasteiger partial charge in [-0.25, -0.2) is 0 Å². The molecule has 19 heavy (non-hydrogen) atoms. The SMILES string of the molecule is CCC(CC)C(O)CNCc1cc(C)c(O)c(C)c1. The number of aliphatic hydroxyl groups excluding tert-OH is 1. The molecule has 0 heterocycles. The van der Waals surface area contributed by atoms with E-state index in [1.807, 2.05) is 26.0 Å². The summed E-state index contributed by atoms with van der Waals surface area (Å²) in [4.78, 5) is 0. The first-order valence-electron chi connectivity index (χ1n) is 7.17. The van der Waals surface area contributed by atoms with Gasteiger partial charge >= 0.3 is 0 Å². The van der Waals surface area contributed by atoms with E-state index in [4.69, 9.17) is 0 Å². The van der Waals surface area contributed by atoms with Crippen molar-refractivity contribution < 1.29 is 10.2 Å². The van der Waals surface area contributed by atoms with Crippen LogP contribution in [0.5, 0.6) is 5.75 Å². The zero-order chi connectivity index (χ0) is 14.4. The van der Waals surface area contributed by atoms with E-state index < -0.39 is 0 Å². The fourth-order valence-corrected chi connectivity index (χ4v) is 2.51. The Balaban J connectivity index is 2.49. The molecule has 1 atom stereocenters. The second-order valence-corrected chi connectivity index (χ2v) is 5.35. The van der Waals surface area contributed by atoms with Crippen molar-refractivity contribution in [2.75, 3.05) is 6.54 Å². The van der Waals surface area contributed by atoms with Crippen LogP contribution in [0.4, 0.5) is 0 Å². The summed E-state index contributed by atoms with van der Waals surface area (Å²) in [6, 6.07) is 3.97. The van der Waals surface area contributed by atoms with Crippen LogP contribution < -0.4 is 5.32 Å². The Morgan fingerprint density at radius 2 is 1.63 bits per heavy atom. The first kappa shape index (κ1) is 16.0. The number of phenolic OH excluding ortho intramolecular Hbond substituents is 1. The number of rotatable bonds is 7. The lowest BCUT2D eigenvalue weighted by Crippen LogP contribution is -2.32. The largest absolute Gasteiger partial charge is 0.507 e. The van der Waals surface area contributed by atoms with E-state index in [0.717, 1.165) is 36.1 Å². The van der Waals surface area contributed by atoms with E-state index in [0.29, 0.717) is 18.2 Å². The van der Waals surface area contributed by atoms with Gasteiger partial charge in [0, 0.05) is 13.1 Å². The zero-order valence-electron chi connectivity index (χ0n) is 12.5. The minimum absolute atomic E-state index is 0.283. The van der Waals surface area contributed by atoms with Crippen LogP contribution in [0, 0.1) is 19.8 Å². The topological polar surface area (TPSA) is 52.5 Å². The third-order valence-corrected chi connectivity index (χ3v) is 3.83. The summed E-state index contributed by atoms with van der Waals surface area (Å²) < 4.78 is 0. The Labute approximate surface area is 116 Å². The molecule has 3 nitrogen and oxygen atoms in total. The Kier molecular flexibility index (Phi) is 6.32. The normalized spacial score (nSPS) is 12.9. The molecule has 3 N–H and O–H groups in total. The molecule has 0 fully saturated rings. The van der Waals surface area contributed by atoms with Crippen molar-refractivity contribution in [3.8, 4) is 5.75 Å². The van der Waals surface area contributed by atoms with Crippen molar-refractivity contribution in [1.82, 2.24) is 5.32 Å². The number of aliphatic hydroxyl groups is 1. The fraction of sp³-hybridized carbons (Fsp3) is 0.625. The molecule has 1 rings (SSSR count). The maximum Gasteiger partial charge on any atom is 0.121 e. The first-order chi connectivity index (χ1) is 8.99. The molecule has 0 spiro atoms. The van der Waals surface area contributed by atoms with Crippen molar-refractivity contribution in [2.24, 2.45) is 5.92 Å². The Bertz CT molecular complexity index is 377. The van der Waals surface area contributed by atoms with Gasteiger partial charge in [-0.3, -0.25) is 0 Å². The van der Waals surface area contributed by atoms with E-state index in [2.05, 4.69) is 19.2 Å². The highest BCUT2D eigenvalue weighted by molar-refractivity contribution is 5.42. The molecule has 0 radical (unpaired) electrons. The standard InChI is InChI=1S/C16H27NO2/c1-5-14(6-2)15(18)10-17-9-13-7-11(3)16(19)12(4)8-13/h7-8,14-15,17-19H,5-6,9-10H2,1-4H3. The average Bonchev–Trinajstić information content (AvgIpc) is 2.37. The second kappa shape index (κ2) is 7.51. The van der Waals surface area contributed by atoms with Crippen LogP contribution in [-0.2, 0) is 6.54 Å². The monoisotopic (exact) mass is 265 g/mol. The summed E-state index contributed by atoms with van der Waals surface area (Å²) in [6.45, 7) is 9.38. The van der Waals surface area contributed by atoms with Crippen LogP contribution in [0.15, 0.2) is 12.1 Å². The minimum atomic E-state index is -0.283. The number of benzene rings is 1. The molecule has 108 valence electrons. The highest BCUT2D eigenvalue weighted by Crippen LogP contribution is 2.22. The first-order valence-corrected chi connectivity index (χ1v) is 7.17. The number of nitrogens with one attached hydrogen (secondary N) is 1. The lowest BCUT2D eigenvalue weighted by molar-refractivity contribution is 0.101. The van der Waals surface area contributed by atoms with Crippen LogP contribution in [0.25, 0.3) is 0 Å². The van der Waals surface area contributed by atoms with Gasteiger partial charge in [0.05, 0.1) is 6.10 Å². The third kappa shape index (κ3) is 4.51. The van der Waals surface area contributed by atoms with Crippen molar-refractivity contribution in [1.29, 1.82) is 0 Å². The second-order valence-electron chi connectivity index (χ2n) is 5.35. The Morgan fingerprint density at radius 3 is 2.11 bits per heavy atom. The lowest BCUT2D eigenvalue weighted by atomic mass is 9.96. The lowest BCUT2D eigenvalue weighted by Gasteiger charge is -2.20. The molecule has 0 bridgehead atoms. The van der Waals surface area contributed by atoms with Crippen LogP contribution >= 0.6 is 0 Å². The van der Waals surface area contributed by atoms with Gasteiger partial charge in [-0.05, 0) is 36.5 Å². The molecule has 0 saturated carbocycles. The molecule has 3 heteroatoms. The minimum Gasteiger partial charge on any atom is -0.507 e. The quantitative estimate of drug-likeness (QED) is 0.710. The number of hydrogen-bond acceptors (Lipinski definition) is 3. The van der Waals surface area contributed by atoms with Gasteiger partial charge in [0.1, 0.15) is 5.75 Å². The van der Waals surface area contributed by atoms with Gasteiger partial charge in [-0.15, -0.1) is 0 Å². The molecule has 1 aromatic rings. The maximum absolute atomic E-state index is 10.0.